The summed E-state index contributed by atoms with van der Waals surface area (Å²) in [6.45, 7) is 3.07. The Morgan fingerprint density at radius 2 is 1.33 bits per heavy atom. The van der Waals surface area contributed by atoms with Gasteiger partial charge in [-0.05, 0) is 26.0 Å². The number of pyridine rings is 1. The minimum atomic E-state index is 0. The number of aromatic nitrogens is 1. The predicted molar refractivity (Wildman–Crippen MR) is 54.0 cm³/mol. The van der Waals surface area contributed by atoms with Crippen molar-refractivity contribution in [2.45, 2.75) is 13.8 Å². The average molecular weight is 254 g/mol. The predicted octanol–water partition coefficient (Wildman–Crippen LogP) is 1.77. The van der Waals surface area contributed by atoms with Gasteiger partial charge in [-0.3, -0.25) is 4.98 Å². The van der Waals surface area contributed by atoms with Gasteiger partial charge < -0.3 is 10.4 Å². The molecule has 0 saturated heterocycles. The summed E-state index contributed by atoms with van der Waals surface area (Å²) < 4.78 is 0. The van der Waals surface area contributed by atoms with Crippen molar-refractivity contribution in [1.82, 2.24) is 4.98 Å². The summed E-state index contributed by atoms with van der Waals surface area (Å²) in [7, 11) is 0. The first-order valence-corrected chi connectivity index (χ1v) is 3.95. The van der Waals surface area contributed by atoms with Gasteiger partial charge in [-0.15, -0.1) is 0 Å². The molecule has 0 aliphatic rings. The normalized spacial score (nSPS) is 10.8. The number of hydrogen-bond acceptors (Lipinski definition) is 5. The van der Waals surface area contributed by atoms with Crippen LogP contribution in [0.25, 0.3) is 0 Å². The van der Waals surface area contributed by atoms with E-state index in [-0.39, 0.29) is 16.8 Å². The Balaban J connectivity index is 0. The van der Waals surface area contributed by atoms with Crippen molar-refractivity contribution in [3.8, 4) is 0 Å². The van der Waals surface area contributed by atoms with E-state index in [2.05, 4.69) is 15.3 Å². The van der Waals surface area contributed by atoms with Crippen molar-refractivity contribution in [2.75, 3.05) is 0 Å². The molecule has 15 heavy (non-hydrogen) atoms. The molecule has 0 saturated carbocycles. The number of rotatable bonds is 1. The van der Waals surface area contributed by atoms with Gasteiger partial charge in [0.05, 0.1) is 0 Å². The zero-order valence-electron chi connectivity index (χ0n) is 8.46. The molecule has 0 atom stereocenters. The first kappa shape index (κ1) is 16.0. The van der Waals surface area contributed by atoms with Crippen molar-refractivity contribution in [2.24, 2.45) is 10.3 Å². The molecule has 1 aromatic heterocycles. The molecule has 2 N–H and O–H groups in total. The molecule has 1 radical (unpaired) electrons. The van der Waals surface area contributed by atoms with E-state index < -0.39 is 0 Å². The monoisotopic (exact) mass is 254 g/mol. The second-order valence-electron chi connectivity index (χ2n) is 2.40. The van der Waals surface area contributed by atoms with Gasteiger partial charge in [-0.25, -0.2) is 0 Å². The molecular formula is C9H13CoN3O2. The molecule has 0 aliphatic heterocycles. The Bertz CT molecular complexity index is 259. The Morgan fingerprint density at radius 3 is 1.47 bits per heavy atom. The van der Waals surface area contributed by atoms with Gasteiger partial charge in [0, 0.05) is 29.2 Å². The van der Waals surface area contributed by atoms with E-state index in [1.54, 1.807) is 12.4 Å². The van der Waals surface area contributed by atoms with Crippen LogP contribution in [0.4, 0.5) is 0 Å². The van der Waals surface area contributed by atoms with E-state index in [1.807, 2.05) is 18.2 Å². The van der Waals surface area contributed by atoms with Crippen LogP contribution in [0.15, 0.2) is 40.9 Å². The van der Waals surface area contributed by atoms with E-state index in [1.165, 1.54) is 13.8 Å². The topological polar surface area (TPSA) is 78.1 Å². The second-order valence-corrected chi connectivity index (χ2v) is 2.40. The summed E-state index contributed by atoms with van der Waals surface area (Å²) in [6, 6.07) is 5.72. The SMILES string of the molecule is CC(=N/O)/C(C)=N\O.[Co].c1ccncc1. The first-order valence-electron chi connectivity index (χ1n) is 3.95. The van der Waals surface area contributed by atoms with E-state index >= 15 is 0 Å². The molecule has 0 aromatic carbocycles. The maximum absolute atomic E-state index is 8.03. The maximum atomic E-state index is 8.03. The van der Waals surface area contributed by atoms with Gasteiger partial charge >= 0.3 is 0 Å². The molecule has 1 heterocycles. The zero-order chi connectivity index (χ0) is 10.8. The first-order chi connectivity index (χ1) is 6.72. The van der Waals surface area contributed by atoms with Gasteiger partial charge in [-0.1, -0.05) is 16.4 Å². The molecule has 1 aromatic rings. The fourth-order valence-electron chi connectivity index (χ4n) is 0.457. The fourth-order valence-corrected chi connectivity index (χ4v) is 0.457. The van der Waals surface area contributed by atoms with E-state index in [0.29, 0.717) is 11.4 Å². The third-order valence-corrected chi connectivity index (χ3v) is 1.39. The Hall–Kier alpha value is -1.40. The molecule has 85 valence electrons. The van der Waals surface area contributed by atoms with Crippen LogP contribution in [-0.4, -0.2) is 26.8 Å². The number of hydrogen-bond donors (Lipinski definition) is 2. The standard InChI is InChI=1S/C5H5N.C4H8N2O2.Co/c1-2-4-6-5-3-1;1-3(5-7)4(2)6-8;/h1-5H;7-8H,1-2H3;/b;5-3-,6-4-;. The number of nitrogens with zero attached hydrogens (tertiary/aromatic N) is 3. The molecule has 5 nitrogen and oxygen atoms in total. The molecule has 0 amide bonds. The van der Waals surface area contributed by atoms with Crippen LogP contribution in [0.3, 0.4) is 0 Å². The molecule has 0 fully saturated rings. The second kappa shape index (κ2) is 10.7. The Labute approximate surface area is 98.7 Å². The van der Waals surface area contributed by atoms with Crippen LogP contribution in [0.5, 0.6) is 0 Å². The van der Waals surface area contributed by atoms with Crippen molar-refractivity contribution in [3.05, 3.63) is 30.6 Å². The summed E-state index contributed by atoms with van der Waals surface area (Å²) in [5.41, 5.74) is 0.625. The van der Waals surface area contributed by atoms with Crippen LogP contribution in [-0.2, 0) is 16.8 Å². The van der Waals surface area contributed by atoms with Gasteiger partial charge in [0.2, 0.25) is 0 Å². The quantitative estimate of drug-likeness (QED) is 0.455. The van der Waals surface area contributed by atoms with E-state index in [0.717, 1.165) is 0 Å². The van der Waals surface area contributed by atoms with E-state index in [9.17, 15) is 0 Å². The average Bonchev–Trinajstić information content (AvgIpc) is 2.30. The van der Waals surface area contributed by atoms with Gasteiger partial charge in [0.15, 0.2) is 0 Å². The van der Waals surface area contributed by atoms with Crippen LogP contribution >= 0.6 is 0 Å². The minimum absolute atomic E-state index is 0. The van der Waals surface area contributed by atoms with Crippen LogP contribution < -0.4 is 0 Å². The van der Waals surface area contributed by atoms with Crippen molar-refractivity contribution >= 4 is 11.4 Å². The zero-order valence-corrected chi connectivity index (χ0v) is 9.50. The summed E-state index contributed by atoms with van der Waals surface area (Å²) in [5.74, 6) is 0. The summed E-state index contributed by atoms with van der Waals surface area (Å²) in [4.78, 5) is 3.78. The molecule has 0 spiro atoms. The Kier molecular flexibility index (Phi) is 11.4. The summed E-state index contributed by atoms with van der Waals surface area (Å²) in [5, 5.41) is 21.6. The fraction of sp³-hybridized carbons (Fsp3) is 0.222. The van der Waals surface area contributed by atoms with Crippen molar-refractivity contribution in [1.29, 1.82) is 0 Å². The van der Waals surface area contributed by atoms with E-state index in [4.69, 9.17) is 10.4 Å². The largest absolute Gasteiger partial charge is 0.411 e. The molecule has 6 heteroatoms. The van der Waals surface area contributed by atoms with Crippen LogP contribution in [0, 0.1) is 0 Å². The van der Waals surface area contributed by atoms with Crippen molar-refractivity contribution < 1.29 is 27.2 Å². The molecule has 0 unspecified atom stereocenters. The van der Waals surface area contributed by atoms with Crippen LogP contribution in [0.2, 0.25) is 0 Å². The summed E-state index contributed by atoms with van der Waals surface area (Å²) in [6.07, 6.45) is 3.50. The summed E-state index contributed by atoms with van der Waals surface area (Å²) >= 11 is 0. The molecular weight excluding hydrogens is 241 g/mol. The maximum Gasteiger partial charge on any atom is 0.101 e. The molecule has 1 rings (SSSR count). The van der Waals surface area contributed by atoms with Crippen molar-refractivity contribution in [3.63, 3.8) is 0 Å². The third kappa shape index (κ3) is 8.91. The molecule has 0 bridgehead atoms. The van der Waals surface area contributed by atoms with Gasteiger partial charge in [0.25, 0.3) is 0 Å². The molecule has 0 aliphatic carbocycles. The Morgan fingerprint density at radius 1 is 0.933 bits per heavy atom. The van der Waals surface area contributed by atoms with Crippen LogP contribution in [0.1, 0.15) is 13.8 Å². The minimum Gasteiger partial charge on any atom is -0.411 e. The van der Waals surface area contributed by atoms with Gasteiger partial charge in [-0.2, -0.15) is 0 Å². The van der Waals surface area contributed by atoms with Gasteiger partial charge in [0.1, 0.15) is 11.4 Å². The third-order valence-electron chi connectivity index (χ3n) is 1.39. The smallest absolute Gasteiger partial charge is 0.101 e. The number of oxime groups is 2.